The Bertz CT molecular complexity index is 2750. The van der Waals surface area contributed by atoms with Crippen molar-refractivity contribution in [1.82, 2.24) is 9.13 Å². The molecule has 0 bridgehead atoms. The lowest BCUT2D eigenvalue weighted by Crippen LogP contribution is -2.01. The van der Waals surface area contributed by atoms with Gasteiger partial charge in [-0.3, -0.25) is 0 Å². The van der Waals surface area contributed by atoms with E-state index in [0.29, 0.717) is 11.1 Å². The monoisotopic (exact) mass is 610 g/mol. The summed E-state index contributed by atoms with van der Waals surface area (Å²) in [4.78, 5) is 0. The molecule has 0 saturated heterocycles. The van der Waals surface area contributed by atoms with Crippen LogP contribution >= 0.6 is 0 Å². The molecule has 4 nitrogen and oxygen atoms in total. The molecule has 0 N–H and O–H groups in total. The Morgan fingerprint density at radius 2 is 0.896 bits per heavy atom. The van der Waals surface area contributed by atoms with Crippen LogP contribution in [-0.4, -0.2) is 9.13 Å². The first kappa shape index (κ1) is 27.4. The summed E-state index contributed by atoms with van der Waals surface area (Å²) in [5.41, 5.74) is 11.1. The Hall–Kier alpha value is -6.88. The maximum Gasteiger partial charge on any atom is 0.101 e. The molecule has 222 valence electrons. The van der Waals surface area contributed by atoms with Crippen LogP contribution in [0.4, 0.5) is 0 Å². The van der Waals surface area contributed by atoms with Crippen molar-refractivity contribution in [3.8, 4) is 45.8 Å². The van der Waals surface area contributed by atoms with Gasteiger partial charge >= 0.3 is 0 Å². The van der Waals surface area contributed by atoms with Crippen molar-refractivity contribution in [2.45, 2.75) is 0 Å². The van der Waals surface area contributed by atoms with Crippen molar-refractivity contribution in [2.75, 3.05) is 0 Å². The van der Waals surface area contributed by atoms with E-state index in [-0.39, 0.29) is 0 Å². The third kappa shape index (κ3) is 4.01. The van der Waals surface area contributed by atoms with Gasteiger partial charge in [-0.25, -0.2) is 0 Å². The van der Waals surface area contributed by atoms with E-state index in [1.165, 1.54) is 21.8 Å². The van der Waals surface area contributed by atoms with E-state index >= 15 is 0 Å². The smallest absolute Gasteiger partial charge is 0.101 e. The van der Waals surface area contributed by atoms with Gasteiger partial charge in [-0.05, 0) is 65.2 Å². The summed E-state index contributed by atoms with van der Waals surface area (Å²) >= 11 is 0. The second-order valence-corrected chi connectivity index (χ2v) is 11.9. The summed E-state index contributed by atoms with van der Waals surface area (Å²) in [7, 11) is 0. The molecule has 0 radical (unpaired) electrons. The van der Waals surface area contributed by atoms with E-state index < -0.39 is 0 Å². The molecule has 0 saturated carbocycles. The highest BCUT2D eigenvalue weighted by Gasteiger charge is 2.22. The summed E-state index contributed by atoms with van der Waals surface area (Å²) in [6.07, 6.45) is 0. The molecule has 48 heavy (non-hydrogen) atoms. The zero-order valence-electron chi connectivity index (χ0n) is 25.8. The number of fused-ring (bicyclic) bond motifs is 6. The van der Waals surface area contributed by atoms with Crippen LogP contribution in [0.25, 0.3) is 77.2 Å². The van der Waals surface area contributed by atoms with E-state index in [4.69, 9.17) is 0 Å². The number of nitriles is 2. The second-order valence-electron chi connectivity index (χ2n) is 11.9. The number of para-hydroxylation sites is 4. The van der Waals surface area contributed by atoms with Gasteiger partial charge in [0.2, 0.25) is 0 Å². The average Bonchev–Trinajstić information content (AvgIpc) is 3.68. The van der Waals surface area contributed by atoms with Crippen LogP contribution in [0, 0.1) is 22.7 Å². The average molecular weight is 611 g/mol. The Morgan fingerprint density at radius 1 is 0.396 bits per heavy atom. The molecule has 9 rings (SSSR count). The lowest BCUT2D eigenvalue weighted by Gasteiger charge is -2.19. The van der Waals surface area contributed by atoms with Gasteiger partial charge in [0.25, 0.3) is 0 Å². The SMILES string of the molecule is N#Cc1cccc(-n2c3ccccc3c3cccc(C#N)c32)c1-c1ccccc1-c1ccc(-n2c3ccccc3c3ccccc32)cc1. The summed E-state index contributed by atoms with van der Waals surface area (Å²) < 4.78 is 4.47. The molecular weight excluding hydrogens is 585 g/mol. The van der Waals surface area contributed by atoms with E-state index in [0.717, 1.165) is 55.4 Å². The number of aromatic nitrogens is 2. The molecule has 9 aromatic rings. The highest BCUT2D eigenvalue weighted by molar-refractivity contribution is 6.12. The van der Waals surface area contributed by atoms with E-state index in [1.54, 1.807) is 0 Å². The van der Waals surface area contributed by atoms with Gasteiger partial charge in [-0.2, -0.15) is 10.5 Å². The molecule has 0 unspecified atom stereocenters. The number of hydrogen-bond acceptors (Lipinski definition) is 2. The molecule has 4 heteroatoms. The van der Waals surface area contributed by atoms with Crippen LogP contribution < -0.4 is 0 Å². The second kappa shape index (κ2) is 10.9. The highest BCUT2D eigenvalue weighted by atomic mass is 15.0. The topological polar surface area (TPSA) is 57.4 Å². The molecule has 0 aliphatic rings. The van der Waals surface area contributed by atoms with Crippen LogP contribution in [0.5, 0.6) is 0 Å². The third-order valence-corrected chi connectivity index (χ3v) is 9.43. The standard InChI is InChI=1S/C44H26N4/c45-27-30-11-10-22-42(48-41-21-8-5-16-36(41)38-18-9-12-31(28-46)44(38)48)43(30)37-17-2-1-13-33(37)29-23-25-32(26-24-29)47-39-19-6-3-14-34(39)35-15-4-7-20-40(35)47/h1-26H. The normalized spacial score (nSPS) is 11.3. The van der Waals surface area contributed by atoms with Gasteiger partial charge in [0.1, 0.15) is 6.07 Å². The summed E-state index contributed by atoms with van der Waals surface area (Å²) in [5.74, 6) is 0. The largest absolute Gasteiger partial charge is 0.309 e. The number of nitrogens with zero attached hydrogens (tertiary/aromatic N) is 4. The van der Waals surface area contributed by atoms with Gasteiger partial charge in [-0.15, -0.1) is 0 Å². The minimum Gasteiger partial charge on any atom is -0.309 e. The zero-order valence-corrected chi connectivity index (χ0v) is 25.8. The first-order valence-corrected chi connectivity index (χ1v) is 15.9. The van der Waals surface area contributed by atoms with Crippen LogP contribution in [0.2, 0.25) is 0 Å². The van der Waals surface area contributed by atoms with Crippen LogP contribution in [0.15, 0.2) is 158 Å². The van der Waals surface area contributed by atoms with Gasteiger partial charge in [0.05, 0.1) is 45.0 Å². The molecular formula is C44H26N4. The van der Waals surface area contributed by atoms with Crippen LogP contribution in [0.1, 0.15) is 11.1 Å². The molecule has 0 aliphatic heterocycles. The molecule has 0 spiro atoms. The molecule has 2 heterocycles. The van der Waals surface area contributed by atoms with Gasteiger partial charge in [0.15, 0.2) is 0 Å². The van der Waals surface area contributed by atoms with Crippen molar-refractivity contribution < 1.29 is 0 Å². The maximum atomic E-state index is 10.5. The van der Waals surface area contributed by atoms with Crippen molar-refractivity contribution in [3.63, 3.8) is 0 Å². The predicted molar refractivity (Wildman–Crippen MR) is 195 cm³/mol. The predicted octanol–water partition coefficient (Wildman–Crippen LogP) is 11.0. The lowest BCUT2D eigenvalue weighted by molar-refractivity contribution is 1.17. The molecule has 0 amide bonds. The minimum absolute atomic E-state index is 0.572. The Balaban J connectivity index is 1.26. The highest BCUT2D eigenvalue weighted by Crippen LogP contribution is 2.42. The lowest BCUT2D eigenvalue weighted by atomic mass is 9.90. The zero-order chi connectivity index (χ0) is 32.2. The van der Waals surface area contributed by atoms with Gasteiger partial charge < -0.3 is 9.13 Å². The first-order chi connectivity index (χ1) is 23.8. The molecule has 0 atom stereocenters. The number of rotatable bonds is 4. The number of benzene rings is 7. The molecule has 0 aliphatic carbocycles. The van der Waals surface area contributed by atoms with Crippen molar-refractivity contribution >= 4 is 43.6 Å². The first-order valence-electron chi connectivity index (χ1n) is 15.9. The van der Waals surface area contributed by atoms with E-state index in [2.05, 4.69) is 130 Å². The van der Waals surface area contributed by atoms with Gasteiger partial charge in [0, 0.05) is 32.8 Å². The third-order valence-electron chi connectivity index (χ3n) is 9.43. The molecule has 0 fully saturated rings. The van der Waals surface area contributed by atoms with Crippen LogP contribution in [-0.2, 0) is 0 Å². The van der Waals surface area contributed by atoms with Gasteiger partial charge in [-0.1, -0.05) is 109 Å². The Morgan fingerprint density at radius 3 is 1.54 bits per heavy atom. The quantitative estimate of drug-likeness (QED) is 0.199. The van der Waals surface area contributed by atoms with Crippen molar-refractivity contribution in [1.29, 1.82) is 10.5 Å². The van der Waals surface area contributed by atoms with Crippen molar-refractivity contribution in [3.05, 3.63) is 169 Å². The fourth-order valence-electron chi connectivity index (χ4n) is 7.41. The van der Waals surface area contributed by atoms with Crippen LogP contribution in [0.3, 0.4) is 0 Å². The fraction of sp³-hybridized carbons (Fsp3) is 0. The molecule has 7 aromatic carbocycles. The van der Waals surface area contributed by atoms with Crippen molar-refractivity contribution in [2.24, 2.45) is 0 Å². The van der Waals surface area contributed by atoms with E-state index in [1.807, 2.05) is 48.5 Å². The number of hydrogen-bond donors (Lipinski definition) is 0. The maximum absolute atomic E-state index is 10.5. The van der Waals surface area contributed by atoms with E-state index in [9.17, 15) is 10.5 Å². The fourth-order valence-corrected chi connectivity index (χ4v) is 7.41. The Kier molecular flexibility index (Phi) is 6.22. The minimum atomic E-state index is 0.572. The summed E-state index contributed by atoms with van der Waals surface area (Å²) in [5, 5.41) is 25.2. The molecule has 2 aromatic heterocycles. The summed E-state index contributed by atoms with van der Waals surface area (Å²) in [6, 6.07) is 58.8. The summed E-state index contributed by atoms with van der Waals surface area (Å²) in [6.45, 7) is 0. The Labute approximate surface area is 277 Å².